The zero-order chi connectivity index (χ0) is 36.0. The molecule has 2 aliphatic heterocycles. The highest BCUT2D eigenvalue weighted by molar-refractivity contribution is 7.89. The SMILES string of the molecule is CCN(C(OCc1ccccc1)N1CCCC1CN)S(=O)(=O)c1c(C2CCN(C(=O)OCc3ccccc3)CC2)cc2ccccc2c1C(C)=O. The lowest BCUT2D eigenvalue weighted by molar-refractivity contribution is -0.133. The lowest BCUT2D eigenvalue weighted by Crippen LogP contribution is -2.55. The monoisotopic (exact) mass is 712 g/mol. The minimum absolute atomic E-state index is 0.0254. The third-order valence-electron chi connectivity index (χ3n) is 10.1. The summed E-state index contributed by atoms with van der Waals surface area (Å²) in [4.78, 5) is 30.4. The second-order valence-corrected chi connectivity index (χ2v) is 15.2. The maximum absolute atomic E-state index is 15.3. The van der Waals surface area contributed by atoms with Gasteiger partial charge in [0, 0.05) is 44.3 Å². The van der Waals surface area contributed by atoms with Gasteiger partial charge in [-0.15, -0.1) is 0 Å². The first-order valence-corrected chi connectivity index (χ1v) is 19.3. The number of fused-ring (bicyclic) bond motifs is 1. The van der Waals surface area contributed by atoms with E-state index in [2.05, 4.69) is 4.90 Å². The summed E-state index contributed by atoms with van der Waals surface area (Å²) in [7, 11) is -4.34. The van der Waals surface area contributed by atoms with Crippen LogP contribution in [0.3, 0.4) is 0 Å². The summed E-state index contributed by atoms with van der Waals surface area (Å²) in [6, 6.07) is 28.5. The third kappa shape index (κ3) is 8.03. The van der Waals surface area contributed by atoms with Gasteiger partial charge in [-0.05, 0) is 72.1 Å². The van der Waals surface area contributed by atoms with E-state index in [4.69, 9.17) is 15.2 Å². The van der Waals surface area contributed by atoms with E-state index in [-0.39, 0.29) is 48.0 Å². The Bertz CT molecular complexity index is 1920. The second-order valence-electron chi connectivity index (χ2n) is 13.3. The average Bonchev–Trinajstić information content (AvgIpc) is 3.64. The maximum atomic E-state index is 15.3. The molecule has 10 nitrogen and oxygen atoms in total. The van der Waals surface area contributed by atoms with E-state index in [0.29, 0.717) is 50.0 Å². The molecule has 0 bridgehead atoms. The molecule has 6 rings (SSSR count). The number of nitrogens with two attached hydrogens (primary N) is 1. The molecule has 0 radical (unpaired) electrons. The molecule has 2 saturated heterocycles. The van der Waals surface area contributed by atoms with Crippen molar-refractivity contribution >= 4 is 32.7 Å². The number of benzene rings is 4. The van der Waals surface area contributed by atoms with E-state index in [1.54, 1.807) is 11.8 Å². The Labute approximate surface area is 301 Å². The van der Waals surface area contributed by atoms with E-state index in [0.717, 1.165) is 29.4 Å². The Balaban J connectivity index is 1.37. The summed E-state index contributed by atoms with van der Waals surface area (Å²) in [6.07, 6.45) is 1.41. The van der Waals surface area contributed by atoms with Crippen LogP contribution in [0.2, 0.25) is 0 Å². The Kier molecular flexibility index (Phi) is 11.8. The summed E-state index contributed by atoms with van der Waals surface area (Å²) < 4.78 is 44.2. The Morgan fingerprint density at radius 3 is 2.14 bits per heavy atom. The molecule has 2 atom stereocenters. The van der Waals surface area contributed by atoms with E-state index in [1.807, 2.05) is 91.0 Å². The van der Waals surface area contributed by atoms with Crippen LogP contribution < -0.4 is 5.73 Å². The Morgan fingerprint density at radius 2 is 1.51 bits per heavy atom. The molecule has 1 amide bonds. The van der Waals surface area contributed by atoms with E-state index >= 15 is 8.42 Å². The van der Waals surface area contributed by atoms with Crippen molar-refractivity contribution in [3.63, 3.8) is 0 Å². The number of carbonyl (C=O) groups is 2. The highest BCUT2D eigenvalue weighted by Gasteiger charge is 2.43. The van der Waals surface area contributed by atoms with Gasteiger partial charge >= 0.3 is 6.09 Å². The van der Waals surface area contributed by atoms with Crippen LogP contribution in [0, 0.1) is 0 Å². The molecule has 4 aromatic carbocycles. The summed E-state index contributed by atoms with van der Waals surface area (Å²) >= 11 is 0. The number of carbonyl (C=O) groups excluding carboxylic acids is 2. The number of ketones is 1. The molecule has 2 aliphatic rings. The van der Waals surface area contributed by atoms with Crippen molar-refractivity contribution < 1.29 is 27.5 Å². The number of piperidine rings is 1. The first-order valence-electron chi connectivity index (χ1n) is 17.9. The fourth-order valence-corrected chi connectivity index (χ4v) is 9.55. The molecule has 2 heterocycles. The van der Waals surface area contributed by atoms with E-state index < -0.39 is 22.5 Å². The van der Waals surface area contributed by atoms with Crippen LogP contribution in [0.1, 0.15) is 72.5 Å². The van der Waals surface area contributed by atoms with Crippen molar-refractivity contribution in [2.24, 2.45) is 5.73 Å². The molecular weight excluding hydrogens is 665 g/mol. The van der Waals surface area contributed by atoms with Crippen LogP contribution >= 0.6 is 0 Å². The zero-order valence-corrected chi connectivity index (χ0v) is 30.3. The molecule has 4 aromatic rings. The summed E-state index contributed by atoms with van der Waals surface area (Å²) in [5.41, 5.74) is 8.81. The zero-order valence-electron chi connectivity index (χ0n) is 29.4. The largest absolute Gasteiger partial charge is 0.445 e. The van der Waals surface area contributed by atoms with Gasteiger partial charge in [0.1, 0.15) is 6.61 Å². The molecule has 270 valence electrons. The molecule has 0 saturated carbocycles. The van der Waals surface area contributed by atoms with Gasteiger partial charge in [0.05, 0.1) is 11.5 Å². The normalized spacial score (nSPS) is 18.0. The number of ether oxygens (including phenoxy) is 2. The predicted molar refractivity (Wildman–Crippen MR) is 197 cm³/mol. The smallest absolute Gasteiger partial charge is 0.410 e. The quantitative estimate of drug-likeness (QED) is 0.123. The maximum Gasteiger partial charge on any atom is 0.410 e. The molecule has 0 spiro atoms. The summed E-state index contributed by atoms with van der Waals surface area (Å²) in [6.45, 7) is 5.53. The van der Waals surface area contributed by atoms with Gasteiger partial charge in [-0.1, -0.05) is 91.9 Å². The second kappa shape index (κ2) is 16.5. The summed E-state index contributed by atoms with van der Waals surface area (Å²) in [5.74, 6) is -0.547. The van der Waals surface area contributed by atoms with Crippen LogP contribution in [0.25, 0.3) is 10.8 Å². The minimum atomic E-state index is -4.34. The van der Waals surface area contributed by atoms with Crippen molar-refractivity contribution in [2.75, 3.05) is 32.7 Å². The fraction of sp³-hybridized carbons (Fsp3) is 0.400. The molecule has 2 N–H and O–H groups in total. The number of hydrogen-bond donors (Lipinski definition) is 1. The van der Waals surface area contributed by atoms with Gasteiger partial charge in [-0.2, -0.15) is 4.31 Å². The van der Waals surface area contributed by atoms with Gasteiger partial charge < -0.3 is 20.1 Å². The van der Waals surface area contributed by atoms with Gasteiger partial charge in [0.15, 0.2) is 12.1 Å². The molecule has 51 heavy (non-hydrogen) atoms. The van der Waals surface area contributed by atoms with Crippen LogP contribution in [-0.4, -0.2) is 79.5 Å². The number of nitrogens with zero attached hydrogens (tertiary/aromatic N) is 3. The van der Waals surface area contributed by atoms with E-state index in [1.165, 1.54) is 11.2 Å². The van der Waals surface area contributed by atoms with Gasteiger partial charge in [-0.25, -0.2) is 13.2 Å². The standard InChI is InChI=1S/C40H48N4O6S/c1-3-44(39(43-22-12-18-34(43)26-41)49-27-30-13-6-4-7-14-30)51(47,48)38-36(25-33-17-10-11-19-35(33)37(38)29(2)45)32-20-23-42(24-21-32)40(46)50-28-31-15-8-5-9-16-31/h4-11,13-17,19,25,32,34,39H,3,12,18,20-24,26-28,41H2,1-2H3. The number of likely N-dealkylation sites (tertiary alicyclic amines) is 2. The van der Waals surface area contributed by atoms with Gasteiger partial charge in [-0.3, -0.25) is 9.69 Å². The number of sulfonamides is 1. The Hall–Kier alpha value is -4.13. The first kappa shape index (κ1) is 36.7. The van der Waals surface area contributed by atoms with Crippen LogP contribution in [0.4, 0.5) is 4.79 Å². The molecule has 2 fully saturated rings. The number of hydrogen-bond acceptors (Lipinski definition) is 8. The fourth-order valence-electron chi connectivity index (χ4n) is 7.52. The van der Waals surface area contributed by atoms with Crippen molar-refractivity contribution in [3.05, 3.63) is 113 Å². The molecule has 2 unspecified atom stereocenters. The van der Waals surface area contributed by atoms with Crippen LogP contribution in [0.15, 0.2) is 95.9 Å². The predicted octanol–water partition coefficient (Wildman–Crippen LogP) is 6.49. The van der Waals surface area contributed by atoms with Gasteiger partial charge in [0.25, 0.3) is 0 Å². The van der Waals surface area contributed by atoms with Crippen LogP contribution in [-0.2, 0) is 32.7 Å². The number of Topliss-reactive ketones (excluding diaryl/α,β-unsaturated/α-hetero) is 1. The Morgan fingerprint density at radius 1 is 0.882 bits per heavy atom. The van der Waals surface area contributed by atoms with Crippen molar-refractivity contribution in [2.45, 2.75) is 76.0 Å². The number of amides is 1. The van der Waals surface area contributed by atoms with Gasteiger partial charge in [0.2, 0.25) is 10.0 Å². The molecule has 0 aliphatic carbocycles. The minimum Gasteiger partial charge on any atom is -0.445 e. The lowest BCUT2D eigenvalue weighted by Gasteiger charge is -2.40. The molecule has 0 aromatic heterocycles. The lowest BCUT2D eigenvalue weighted by atomic mass is 9.86. The topological polar surface area (TPSA) is 122 Å². The third-order valence-corrected chi connectivity index (χ3v) is 12.1. The molecular formula is C40H48N4O6S. The molecule has 11 heteroatoms. The highest BCUT2D eigenvalue weighted by Crippen LogP contribution is 2.41. The van der Waals surface area contributed by atoms with Crippen molar-refractivity contribution in [1.82, 2.24) is 14.1 Å². The number of rotatable bonds is 13. The highest BCUT2D eigenvalue weighted by atomic mass is 32.2. The van der Waals surface area contributed by atoms with E-state index in [9.17, 15) is 9.59 Å². The van der Waals surface area contributed by atoms with Crippen molar-refractivity contribution in [3.8, 4) is 0 Å². The summed E-state index contributed by atoms with van der Waals surface area (Å²) in [5, 5.41) is 1.39. The van der Waals surface area contributed by atoms with Crippen LogP contribution in [0.5, 0.6) is 0 Å². The van der Waals surface area contributed by atoms with Crippen molar-refractivity contribution in [1.29, 1.82) is 0 Å². The average molecular weight is 713 g/mol. The first-order chi connectivity index (χ1) is 24.7.